The van der Waals surface area contributed by atoms with Crippen LogP contribution in [0.2, 0.25) is 0 Å². The minimum atomic E-state index is 0.277. The Balaban J connectivity index is 1.94. The lowest BCUT2D eigenvalue weighted by molar-refractivity contribution is 0.186. The van der Waals surface area contributed by atoms with Crippen molar-refractivity contribution in [3.8, 4) is 0 Å². The molecular weight excluding hydrogens is 224 g/mol. The van der Waals surface area contributed by atoms with Crippen LogP contribution in [0, 0.1) is 5.41 Å². The molecule has 1 aromatic heterocycles. The van der Waals surface area contributed by atoms with Gasteiger partial charge in [-0.05, 0) is 24.7 Å². The number of aromatic nitrogens is 3. The smallest absolute Gasteiger partial charge is 0.136 e. The van der Waals surface area contributed by atoms with E-state index in [0.717, 1.165) is 25.2 Å². The quantitative estimate of drug-likeness (QED) is 0.829. The summed E-state index contributed by atoms with van der Waals surface area (Å²) < 4.78 is 2.31. The lowest BCUT2D eigenvalue weighted by Crippen LogP contribution is -2.35. The Labute approximate surface area is 109 Å². The first-order valence-electron chi connectivity index (χ1n) is 7.25. The summed E-state index contributed by atoms with van der Waals surface area (Å²) in [5.74, 6) is 2.90. The summed E-state index contributed by atoms with van der Waals surface area (Å²) in [4.78, 5) is 0. The van der Waals surface area contributed by atoms with Crippen LogP contribution in [0.25, 0.3) is 0 Å². The van der Waals surface area contributed by atoms with E-state index in [1.807, 2.05) is 0 Å². The third-order valence-electron chi connectivity index (χ3n) is 4.83. The molecule has 4 nitrogen and oxygen atoms in total. The van der Waals surface area contributed by atoms with Crippen molar-refractivity contribution in [3.63, 3.8) is 0 Å². The number of nitrogens with two attached hydrogens (primary N) is 1. The summed E-state index contributed by atoms with van der Waals surface area (Å²) in [7, 11) is 0. The summed E-state index contributed by atoms with van der Waals surface area (Å²) in [5.41, 5.74) is 6.45. The highest BCUT2D eigenvalue weighted by Crippen LogP contribution is 2.46. The minimum absolute atomic E-state index is 0.277. The largest absolute Gasteiger partial charge is 0.326 e. The number of fused-ring (bicyclic) bond motifs is 1. The molecule has 18 heavy (non-hydrogen) atoms. The third kappa shape index (κ3) is 1.96. The van der Waals surface area contributed by atoms with Crippen LogP contribution in [0.5, 0.6) is 0 Å². The molecule has 2 unspecified atom stereocenters. The molecule has 2 N–H and O–H groups in total. The highest BCUT2D eigenvalue weighted by atomic mass is 15.3. The molecule has 2 heterocycles. The van der Waals surface area contributed by atoms with Crippen LogP contribution in [-0.2, 0) is 13.0 Å². The Morgan fingerprint density at radius 1 is 1.22 bits per heavy atom. The van der Waals surface area contributed by atoms with Crippen molar-refractivity contribution in [2.45, 2.75) is 70.9 Å². The monoisotopic (exact) mass is 248 g/mol. The van der Waals surface area contributed by atoms with Gasteiger partial charge in [0.1, 0.15) is 11.6 Å². The molecule has 0 bridgehead atoms. The first-order chi connectivity index (χ1) is 8.58. The zero-order chi connectivity index (χ0) is 12.8. The van der Waals surface area contributed by atoms with Crippen molar-refractivity contribution >= 4 is 0 Å². The maximum atomic E-state index is 6.10. The lowest BCUT2D eigenvalue weighted by Gasteiger charge is -2.38. The molecule has 1 aliphatic heterocycles. The average molecular weight is 248 g/mol. The van der Waals surface area contributed by atoms with E-state index < -0.39 is 0 Å². The number of hydrogen-bond acceptors (Lipinski definition) is 3. The van der Waals surface area contributed by atoms with E-state index in [-0.39, 0.29) is 6.04 Å². The average Bonchev–Trinajstić information content (AvgIpc) is 2.71. The van der Waals surface area contributed by atoms with E-state index in [4.69, 9.17) is 5.73 Å². The van der Waals surface area contributed by atoms with E-state index in [9.17, 15) is 0 Å². The standard InChI is InChI=1S/C14H24N4/c1-14(2)8-4-3-5-11(14)13-17-16-12-7-6-10(15)9-18(12)13/h10-11H,3-9,15H2,1-2H3. The van der Waals surface area contributed by atoms with Gasteiger partial charge in [-0.3, -0.25) is 0 Å². The van der Waals surface area contributed by atoms with Gasteiger partial charge < -0.3 is 10.3 Å². The highest BCUT2D eigenvalue weighted by Gasteiger charge is 2.37. The molecule has 2 atom stereocenters. The van der Waals surface area contributed by atoms with E-state index in [0.29, 0.717) is 11.3 Å². The molecule has 1 fully saturated rings. The van der Waals surface area contributed by atoms with Crippen LogP contribution < -0.4 is 5.73 Å². The van der Waals surface area contributed by atoms with Gasteiger partial charge in [-0.2, -0.15) is 0 Å². The SMILES string of the molecule is CC1(C)CCCCC1c1nnc2n1CC(N)CC2. The van der Waals surface area contributed by atoms with Crippen molar-refractivity contribution in [1.29, 1.82) is 0 Å². The molecule has 0 spiro atoms. The van der Waals surface area contributed by atoms with Gasteiger partial charge >= 0.3 is 0 Å². The lowest BCUT2D eigenvalue weighted by atomic mass is 9.68. The second-order valence-electron chi connectivity index (χ2n) is 6.67. The number of aryl methyl sites for hydroxylation is 1. The van der Waals surface area contributed by atoms with Crippen LogP contribution in [0.3, 0.4) is 0 Å². The fourth-order valence-corrected chi connectivity index (χ4v) is 3.60. The van der Waals surface area contributed by atoms with Crippen molar-refractivity contribution in [2.24, 2.45) is 11.1 Å². The number of rotatable bonds is 1. The van der Waals surface area contributed by atoms with Gasteiger partial charge in [-0.1, -0.05) is 26.7 Å². The maximum Gasteiger partial charge on any atom is 0.136 e. The normalized spacial score (nSPS) is 31.1. The number of nitrogens with zero attached hydrogens (tertiary/aromatic N) is 3. The second kappa shape index (κ2) is 4.34. The summed E-state index contributed by atoms with van der Waals surface area (Å²) >= 11 is 0. The Morgan fingerprint density at radius 3 is 2.83 bits per heavy atom. The molecule has 0 saturated heterocycles. The van der Waals surface area contributed by atoms with E-state index in [2.05, 4.69) is 28.6 Å². The molecule has 1 saturated carbocycles. The minimum Gasteiger partial charge on any atom is -0.326 e. The molecule has 4 heteroatoms. The Kier molecular flexibility index (Phi) is 2.93. The predicted molar refractivity (Wildman–Crippen MR) is 71.3 cm³/mol. The molecule has 0 radical (unpaired) electrons. The Morgan fingerprint density at radius 2 is 2.06 bits per heavy atom. The molecule has 100 valence electrons. The van der Waals surface area contributed by atoms with Crippen LogP contribution in [-0.4, -0.2) is 20.8 Å². The summed E-state index contributed by atoms with van der Waals surface area (Å²) in [6.45, 7) is 5.66. The summed E-state index contributed by atoms with van der Waals surface area (Å²) in [5, 5.41) is 8.90. The van der Waals surface area contributed by atoms with Gasteiger partial charge in [-0.15, -0.1) is 10.2 Å². The fourth-order valence-electron chi connectivity index (χ4n) is 3.60. The van der Waals surface area contributed by atoms with E-state index in [1.54, 1.807) is 0 Å². The van der Waals surface area contributed by atoms with Gasteiger partial charge in [0.05, 0.1) is 0 Å². The van der Waals surface area contributed by atoms with Gasteiger partial charge in [0, 0.05) is 24.9 Å². The topological polar surface area (TPSA) is 56.7 Å². The Bertz CT molecular complexity index is 435. The highest BCUT2D eigenvalue weighted by molar-refractivity contribution is 5.10. The van der Waals surface area contributed by atoms with E-state index >= 15 is 0 Å². The van der Waals surface area contributed by atoms with Gasteiger partial charge in [0.25, 0.3) is 0 Å². The fraction of sp³-hybridized carbons (Fsp3) is 0.857. The second-order valence-corrected chi connectivity index (χ2v) is 6.67. The van der Waals surface area contributed by atoms with Crippen LogP contribution >= 0.6 is 0 Å². The van der Waals surface area contributed by atoms with Crippen molar-refractivity contribution in [2.75, 3.05) is 0 Å². The molecule has 1 aliphatic carbocycles. The molecule has 1 aromatic rings. The summed E-state index contributed by atoms with van der Waals surface area (Å²) in [6, 6.07) is 0.277. The maximum absolute atomic E-state index is 6.10. The van der Waals surface area contributed by atoms with Crippen molar-refractivity contribution in [1.82, 2.24) is 14.8 Å². The van der Waals surface area contributed by atoms with Crippen LogP contribution in [0.15, 0.2) is 0 Å². The van der Waals surface area contributed by atoms with Gasteiger partial charge in [0.15, 0.2) is 0 Å². The Hall–Kier alpha value is -0.900. The summed E-state index contributed by atoms with van der Waals surface area (Å²) in [6.07, 6.45) is 7.26. The van der Waals surface area contributed by atoms with Crippen LogP contribution in [0.4, 0.5) is 0 Å². The predicted octanol–water partition coefficient (Wildman–Crippen LogP) is 2.24. The number of hydrogen-bond donors (Lipinski definition) is 1. The third-order valence-corrected chi connectivity index (χ3v) is 4.83. The molecule has 3 rings (SSSR count). The van der Waals surface area contributed by atoms with Crippen LogP contribution in [0.1, 0.15) is 63.5 Å². The zero-order valence-corrected chi connectivity index (χ0v) is 11.5. The molecular formula is C14H24N4. The van der Waals surface area contributed by atoms with Gasteiger partial charge in [-0.25, -0.2) is 0 Å². The van der Waals surface area contributed by atoms with Gasteiger partial charge in [0.2, 0.25) is 0 Å². The molecule has 2 aliphatic rings. The first kappa shape index (κ1) is 12.2. The zero-order valence-electron chi connectivity index (χ0n) is 11.5. The van der Waals surface area contributed by atoms with Crippen molar-refractivity contribution in [3.05, 3.63) is 11.6 Å². The molecule has 0 amide bonds. The van der Waals surface area contributed by atoms with E-state index in [1.165, 1.54) is 31.5 Å². The molecule has 0 aromatic carbocycles. The first-order valence-corrected chi connectivity index (χ1v) is 7.25. The van der Waals surface area contributed by atoms with Crippen molar-refractivity contribution < 1.29 is 0 Å².